The van der Waals surface area contributed by atoms with Crippen LogP contribution < -0.4 is 4.74 Å². The zero-order valence-corrected chi connectivity index (χ0v) is 18.5. The van der Waals surface area contributed by atoms with Crippen LogP contribution in [0.5, 0.6) is 5.75 Å². The molecule has 1 aliphatic carbocycles. The van der Waals surface area contributed by atoms with Crippen molar-refractivity contribution in [1.82, 2.24) is 15.0 Å². The molecule has 3 aromatic rings. The van der Waals surface area contributed by atoms with Crippen molar-refractivity contribution < 1.29 is 18.8 Å². The van der Waals surface area contributed by atoms with E-state index in [-0.39, 0.29) is 18.6 Å². The van der Waals surface area contributed by atoms with Gasteiger partial charge in [0.1, 0.15) is 12.4 Å². The average Bonchev–Trinajstić information content (AvgIpc) is 3.47. The van der Waals surface area contributed by atoms with Gasteiger partial charge in [-0.05, 0) is 50.7 Å². The van der Waals surface area contributed by atoms with Crippen LogP contribution in [0.2, 0.25) is 0 Å². The minimum atomic E-state index is -0.0863. The van der Waals surface area contributed by atoms with E-state index in [0.29, 0.717) is 29.7 Å². The first kappa shape index (κ1) is 20.5. The molecule has 2 aromatic heterocycles. The highest BCUT2D eigenvalue weighted by molar-refractivity contribution is 7.18. The quantitative estimate of drug-likeness (QED) is 0.509. The largest absolute Gasteiger partial charge is 0.485 e. The van der Waals surface area contributed by atoms with Crippen LogP contribution >= 0.6 is 11.3 Å². The molecular weight excluding hydrogens is 414 g/mol. The maximum atomic E-state index is 13.1. The molecule has 1 saturated heterocycles. The monoisotopic (exact) mass is 441 g/mol. The summed E-state index contributed by atoms with van der Waals surface area (Å²) in [6.45, 7) is 4.38. The molecular formula is C23H27N3O4S. The third kappa shape index (κ3) is 4.75. The second-order valence-electron chi connectivity index (χ2n) is 8.47. The van der Waals surface area contributed by atoms with E-state index in [4.69, 9.17) is 14.0 Å². The summed E-state index contributed by atoms with van der Waals surface area (Å²) < 4.78 is 18.1. The van der Waals surface area contributed by atoms with Gasteiger partial charge in [-0.1, -0.05) is 11.6 Å². The normalized spacial score (nSPS) is 18.9. The van der Waals surface area contributed by atoms with Gasteiger partial charge in [-0.15, -0.1) is 11.3 Å². The molecule has 5 rings (SSSR count). The maximum Gasteiger partial charge on any atom is 0.276 e. The Kier molecular flexibility index (Phi) is 5.91. The Labute approximate surface area is 185 Å². The summed E-state index contributed by atoms with van der Waals surface area (Å²) in [5, 5.41) is 5.06. The van der Waals surface area contributed by atoms with Gasteiger partial charge in [-0.2, -0.15) is 0 Å². The SMILES string of the molecule is Cc1nc2cc(OCc3cc(C(=O)N(CC4CCC4)CC4CCCO4)no3)ccc2s1. The fraction of sp³-hybridized carbons (Fsp3) is 0.522. The first-order valence-electron chi connectivity index (χ1n) is 11.0. The van der Waals surface area contributed by atoms with E-state index in [1.807, 2.05) is 30.0 Å². The minimum Gasteiger partial charge on any atom is -0.485 e. The molecule has 0 N–H and O–H groups in total. The third-order valence-electron chi connectivity index (χ3n) is 6.06. The number of hydrogen-bond donors (Lipinski definition) is 0. The number of aromatic nitrogens is 2. The first-order valence-corrected chi connectivity index (χ1v) is 11.8. The molecule has 31 heavy (non-hydrogen) atoms. The van der Waals surface area contributed by atoms with Crippen LogP contribution in [0, 0.1) is 12.8 Å². The Hall–Kier alpha value is -2.45. The van der Waals surface area contributed by atoms with Crippen molar-refractivity contribution in [3.8, 4) is 5.75 Å². The predicted molar refractivity (Wildman–Crippen MR) is 117 cm³/mol. The molecule has 0 bridgehead atoms. The molecule has 7 nitrogen and oxygen atoms in total. The van der Waals surface area contributed by atoms with Crippen molar-refractivity contribution in [3.05, 3.63) is 40.7 Å². The Morgan fingerprint density at radius 2 is 2.13 bits per heavy atom. The lowest BCUT2D eigenvalue weighted by molar-refractivity contribution is 0.0440. The molecule has 164 valence electrons. The smallest absolute Gasteiger partial charge is 0.276 e. The third-order valence-corrected chi connectivity index (χ3v) is 7.02. The molecule has 0 radical (unpaired) electrons. The fourth-order valence-electron chi connectivity index (χ4n) is 4.17. The highest BCUT2D eigenvalue weighted by Gasteiger charge is 2.29. The number of rotatable bonds is 8. The maximum absolute atomic E-state index is 13.1. The number of fused-ring (bicyclic) bond motifs is 1. The average molecular weight is 442 g/mol. The highest BCUT2D eigenvalue weighted by atomic mass is 32.1. The number of nitrogens with zero attached hydrogens (tertiary/aromatic N) is 3. The molecule has 1 amide bonds. The van der Waals surface area contributed by atoms with Crippen molar-refractivity contribution in [2.24, 2.45) is 5.92 Å². The van der Waals surface area contributed by atoms with Crippen LogP contribution in [0.3, 0.4) is 0 Å². The fourth-order valence-corrected chi connectivity index (χ4v) is 4.98. The molecule has 1 saturated carbocycles. The van der Waals surface area contributed by atoms with Crippen LogP contribution in [0.1, 0.15) is 53.4 Å². The Balaban J connectivity index is 1.23. The van der Waals surface area contributed by atoms with Crippen LogP contribution in [0.25, 0.3) is 10.2 Å². The molecule has 3 heterocycles. The van der Waals surface area contributed by atoms with E-state index in [1.54, 1.807) is 17.4 Å². The Morgan fingerprint density at radius 3 is 2.90 bits per heavy atom. The second kappa shape index (κ2) is 8.96. The molecule has 1 atom stereocenters. The van der Waals surface area contributed by atoms with Crippen LogP contribution in [0.4, 0.5) is 0 Å². The van der Waals surface area contributed by atoms with E-state index in [0.717, 1.165) is 41.2 Å². The first-order chi connectivity index (χ1) is 15.1. The molecule has 2 aliphatic rings. The lowest BCUT2D eigenvalue weighted by atomic mass is 9.85. The molecule has 8 heteroatoms. The number of benzene rings is 1. The summed E-state index contributed by atoms with van der Waals surface area (Å²) in [4.78, 5) is 19.5. The van der Waals surface area contributed by atoms with Gasteiger partial charge in [0.15, 0.2) is 11.5 Å². The summed E-state index contributed by atoms with van der Waals surface area (Å²) in [6, 6.07) is 7.54. The lowest BCUT2D eigenvalue weighted by Gasteiger charge is -2.33. The minimum absolute atomic E-state index is 0.0863. The topological polar surface area (TPSA) is 77.7 Å². The second-order valence-corrected chi connectivity index (χ2v) is 9.71. The molecule has 2 fully saturated rings. The molecule has 1 aromatic carbocycles. The van der Waals surface area contributed by atoms with Crippen molar-refractivity contribution in [3.63, 3.8) is 0 Å². The van der Waals surface area contributed by atoms with Crippen LogP contribution in [-0.2, 0) is 11.3 Å². The van der Waals surface area contributed by atoms with E-state index < -0.39 is 0 Å². The van der Waals surface area contributed by atoms with Gasteiger partial charge in [-0.25, -0.2) is 4.98 Å². The summed E-state index contributed by atoms with van der Waals surface area (Å²) in [6.07, 6.45) is 5.84. The standard InChI is InChI=1S/C23H27N3O4S/c1-15-24-20-10-17(7-8-22(20)31-15)29-14-19-11-21(25-30-19)23(27)26(12-16-4-2-5-16)13-18-6-3-9-28-18/h7-8,10-11,16,18H,2-6,9,12-14H2,1H3. The lowest BCUT2D eigenvalue weighted by Crippen LogP contribution is -2.42. The predicted octanol–water partition coefficient (Wildman–Crippen LogP) is 4.59. The number of amides is 1. The zero-order valence-electron chi connectivity index (χ0n) is 17.7. The van der Waals surface area contributed by atoms with E-state index >= 15 is 0 Å². The van der Waals surface area contributed by atoms with Crippen molar-refractivity contribution in [1.29, 1.82) is 0 Å². The summed E-state index contributed by atoms with van der Waals surface area (Å²) >= 11 is 1.66. The van der Waals surface area contributed by atoms with Gasteiger partial charge in [-0.3, -0.25) is 4.79 Å². The Bertz CT molecular complexity index is 1050. The highest BCUT2D eigenvalue weighted by Crippen LogP contribution is 2.29. The van der Waals surface area contributed by atoms with Crippen LogP contribution in [-0.4, -0.2) is 46.7 Å². The van der Waals surface area contributed by atoms with Gasteiger partial charge in [0.2, 0.25) is 0 Å². The van der Waals surface area contributed by atoms with Gasteiger partial charge >= 0.3 is 0 Å². The van der Waals surface area contributed by atoms with Gasteiger partial charge < -0.3 is 18.9 Å². The van der Waals surface area contributed by atoms with Gasteiger partial charge in [0.05, 0.1) is 21.3 Å². The number of aryl methyl sites for hydroxylation is 1. The van der Waals surface area contributed by atoms with E-state index in [2.05, 4.69) is 10.1 Å². The molecule has 1 aliphatic heterocycles. The summed E-state index contributed by atoms with van der Waals surface area (Å²) in [5.74, 6) is 1.74. The number of ether oxygens (including phenoxy) is 2. The number of carbonyl (C=O) groups is 1. The zero-order chi connectivity index (χ0) is 21.2. The van der Waals surface area contributed by atoms with E-state index in [1.165, 1.54) is 19.3 Å². The number of hydrogen-bond acceptors (Lipinski definition) is 7. The van der Waals surface area contributed by atoms with Gasteiger partial charge in [0, 0.05) is 31.8 Å². The number of carbonyl (C=O) groups excluding carboxylic acids is 1. The van der Waals surface area contributed by atoms with Gasteiger partial charge in [0.25, 0.3) is 5.91 Å². The molecule has 1 unspecified atom stereocenters. The number of thiazole rings is 1. The summed E-state index contributed by atoms with van der Waals surface area (Å²) in [7, 11) is 0. The van der Waals surface area contributed by atoms with Crippen molar-refractivity contribution in [2.75, 3.05) is 19.7 Å². The Morgan fingerprint density at radius 1 is 1.23 bits per heavy atom. The molecule has 0 spiro atoms. The van der Waals surface area contributed by atoms with Crippen LogP contribution in [0.15, 0.2) is 28.8 Å². The summed E-state index contributed by atoms with van der Waals surface area (Å²) in [5.41, 5.74) is 1.26. The van der Waals surface area contributed by atoms with E-state index in [9.17, 15) is 4.79 Å². The van der Waals surface area contributed by atoms with Crippen molar-refractivity contribution >= 4 is 27.5 Å². The van der Waals surface area contributed by atoms with Crippen molar-refractivity contribution in [2.45, 2.75) is 51.7 Å².